The van der Waals surface area contributed by atoms with Gasteiger partial charge in [0.2, 0.25) is 0 Å². The smallest absolute Gasteiger partial charge is 0.462 e. The number of ether oxygens (including phenoxy) is 3. The van der Waals surface area contributed by atoms with Gasteiger partial charge in [-0.05, 0) is 76.7 Å². The molecule has 382 valence electrons. The molecule has 67 heavy (non-hydrogen) atoms. The van der Waals surface area contributed by atoms with Crippen LogP contribution in [0.15, 0.2) is 65.7 Å². The van der Waals surface area contributed by atoms with Gasteiger partial charge in [-0.15, -0.1) is 0 Å². The summed E-state index contributed by atoms with van der Waals surface area (Å²) in [5.41, 5.74) is 4.57. The summed E-state index contributed by atoms with van der Waals surface area (Å²) in [5.74, 6) is -0.676. The molecule has 0 bridgehead atoms. The molecule has 1 aliphatic rings. The summed E-state index contributed by atoms with van der Waals surface area (Å²) in [7, 11) is -10.9. The van der Waals surface area contributed by atoms with Crippen molar-refractivity contribution in [2.75, 3.05) is 25.6 Å². The number of nitrogen functional groups attached to an aromatic ring is 1. The molecule has 0 radical (unpaired) electrons. The van der Waals surface area contributed by atoms with Gasteiger partial charge in [0.1, 0.15) is 30.7 Å². The lowest BCUT2D eigenvalue weighted by Crippen LogP contribution is -2.36. The Bertz CT molecular complexity index is 1840. The van der Waals surface area contributed by atoms with Gasteiger partial charge in [-0.1, -0.05) is 114 Å². The Morgan fingerprint density at radius 1 is 0.761 bits per heavy atom. The van der Waals surface area contributed by atoms with E-state index in [4.69, 9.17) is 29.0 Å². The van der Waals surface area contributed by atoms with Crippen molar-refractivity contribution in [1.82, 2.24) is 9.55 Å². The largest absolute Gasteiger partial charge is 0.481 e. The SMILES string of the molecule is CC(C)CCCCCCCCCCC(=O)OC[C@H](COP(=O)(O)OP(=O)(O)OC[C@H]1O[C@@H](n2ccc(N)nc2=O)[C@H](O)[C@@H]1O)OC(=O)CCC/C=C\C/C=C\C/C=C\C/C=C\CCC[C@H](C)O. The van der Waals surface area contributed by atoms with Crippen molar-refractivity contribution in [3.63, 3.8) is 0 Å². The van der Waals surface area contributed by atoms with Crippen molar-refractivity contribution in [3.8, 4) is 0 Å². The molecule has 0 aromatic carbocycles. The molecule has 8 atom stereocenters. The molecule has 0 amide bonds. The molecule has 19 nitrogen and oxygen atoms in total. The van der Waals surface area contributed by atoms with Gasteiger partial charge >= 0.3 is 33.3 Å². The zero-order chi connectivity index (χ0) is 49.5. The molecule has 0 saturated carbocycles. The van der Waals surface area contributed by atoms with Crippen LogP contribution in [0.4, 0.5) is 5.82 Å². The van der Waals surface area contributed by atoms with Crippen LogP contribution in [0.1, 0.15) is 149 Å². The van der Waals surface area contributed by atoms with Crippen LogP contribution in [0.5, 0.6) is 0 Å². The van der Waals surface area contributed by atoms with E-state index in [1.54, 1.807) is 6.92 Å². The molecule has 1 saturated heterocycles. The average molecular weight is 990 g/mol. The fourth-order valence-corrected chi connectivity index (χ4v) is 8.79. The first kappa shape index (κ1) is 59.8. The van der Waals surface area contributed by atoms with Gasteiger partial charge in [0.15, 0.2) is 12.3 Å². The molecule has 1 aromatic rings. The van der Waals surface area contributed by atoms with Gasteiger partial charge in [0.25, 0.3) is 0 Å². The summed E-state index contributed by atoms with van der Waals surface area (Å²) in [6, 6.07) is 1.24. The number of anilines is 1. The fraction of sp³-hybridized carbons (Fsp3) is 0.696. The monoisotopic (exact) mass is 989 g/mol. The van der Waals surface area contributed by atoms with E-state index >= 15 is 0 Å². The standard InChI is InChI=1S/C46H77N3O16P2/c1-36(2)27-23-19-15-13-14-17-21-25-29-41(51)60-33-38(63-42(52)30-26-22-18-12-10-8-6-4-5-7-9-11-16-20-24-28-37(3)50)34-61-66(56,57)65-67(58,59)62-35-39-43(53)44(54)45(64-39)49-32-31-40(47)48-46(49)55/h5-8,11-12,16,18,31-32,36-39,43-45,50,53-54H,4,9-10,13-15,17,19-30,33-35H2,1-3H3,(H,56,57)(H,58,59)(H2,47,48,55)/b7-5-,8-6-,16-11-,18-12-/t37-,38+,39+,43+,44+,45+/m0/s1. The highest BCUT2D eigenvalue weighted by Gasteiger charge is 2.46. The topological polar surface area (TPSA) is 286 Å². The maximum Gasteiger partial charge on any atom is 0.481 e. The molecule has 21 heteroatoms. The lowest BCUT2D eigenvalue weighted by Gasteiger charge is -2.21. The third-order valence-electron chi connectivity index (χ3n) is 10.4. The van der Waals surface area contributed by atoms with Crippen LogP contribution in [-0.2, 0) is 46.3 Å². The van der Waals surface area contributed by atoms with Crippen LogP contribution >= 0.6 is 15.6 Å². The number of carbonyl (C=O) groups excluding carboxylic acids is 2. The number of aromatic nitrogens is 2. The van der Waals surface area contributed by atoms with Crippen LogP contribution in [0.25, 0.3) is 0 Å². The number of phosphoric ester groups is 2. The molecule has 1 fully saturated rings. The minimum absolute atomic E-state index is 0.0385. The second-order valence-electron chi connectivity index (χ2n) is 17.0. The highest BCUT2D eigenvalue weighted by atomic mass is 31.3. The van der Waals surface area contributed by atoms with Gasteiger partial charge < -0.3 is 45.1 Å². The summed E-state index contributed by atoms with van der Waals surface area (Å²) in [4.78, 5) is 61.7. The number of unbranched alkanes of at least 4 members (excludes halogenated alkanes) is 9. The van der Waals surface area contributed by atoms with Crippen LogP contribution < -0.4 is 11.4 Å². The molecule has 1 aliphatic heterocycles. The van der Waals surface area contributed by atoms with E-state index in [0.29, 0.717) is 31.6 Å². The number of aliphatic hydroxyl groups excluding tert-OH is 3. The Balaban J connectivity index is 1.85. The first-order valence-corrected chi connectivity index (χ1v) is 26.5. The second-order valence-corrected chi connectivity index (χ2v) is 20.1. The quantitative estimate of drug-likeness (QED) is 0.0160. The maximum absolute atomic E-state index is 12.8. The Morgan fingerprint density at radius 3 is 1.91 bits per heavy atom. The normalized spacial score (nSPS) is 20.6. The molecular formula is C46H77N3O16P2. The first-order valence-electron chi connectivity index (χ1n) is 23.5. The minimum Gasteiger partial charge on any atom is -0.462 e. The average Bonchev–Trinajstić information content (AvgIpc) is 3.53. The van der Waals surface area contributed by atoms with Crippen molar-refractivity contribution in [2.45, 2.75) is 180 Å². The van der Waals surface area contributed by atoms with E-state index in [9.17, 15) is 48.6 Å². The number of rotatable bonds is 37. The molecule has 2 heterocycles. The third kappa shape index (κ3) is 28.7. The summed E-state index contributed by atoms with van der Waals surface area (Å²) in [6.45, 7) is 3.87. The molecule has 0 aliphatic carbocycles. The summed E-state index contributed by atoms with van der Waals surface area (Å²) < 4.78 is 56.5. The predicted molar refractivity (Wildman–Crippen MR) is 253 cm³/mol. The molecule has 7 N–H and O–H groups in total. The number of esters is 2. The van der Waals surface area contributed by atoms with E-state index < -0.39 is 83.7 Å². The molecule has 2 rings (SSSR count). The fourth-order valence-electron chi connectivity index (χ4n) is 6.68. The number of carbonyl (C=O) groups is 2. The number of hydrogen-bond acceptors (Lipinski definition) is 16. The molecule has 1 aromatic heterocycles. The van der Waals surface area contributed by atoms with Crippen molar-refractivity contribution >= 4 is 33.4 Å². The van der Waals surface area contributed by atoms with E-state index in [-0.39, 0.29) is 24.8 Å². The summed E-state index contributed by atoms with van der Waals surface area (Å²) >= 11 is 0. The Kier molecular flexibility index (Phi) is 30.4. The lowest BCUT2D eigenvalue weighted by atomic mass is 10.0. The van der Waals surface area contributed by atoms with E-state index in [2.05, 4.69) is 53.5 Å². The second kappa shape index (κ2) is 34.1. The van der Waals surface area contributed by atoms with Gasteiger partial charge in [0.05, 0.1) is 19.3 Å². The lowest BCUT2D eigenvalue weighted by molar-refractivity contribution is -0.161. The number of nitrogens with two attached hydrogens (primary N) is 1. The predicted octanol–water partition coefficient (Wildman–Crippen LogP) is 7.82. The van der Waals surface area contributed by atoms with Crippen molar-refractivity contribution < 1.29 is 71.4 Å². The number of nitrogens with zero attached hydrogens (tertiary/aromatic N) is 2. The van der Waals surface area contributed by atoms with Gasteiger partial charge in [-0.25, -0.2) is 13.9 Å². The highest BCUT2D eigenvalue weighted by Crippen LogP contribution is 2.60. The summed E-state index contributed by atoms with van der Waals surface area (Å²) in [6.07, 6.45) is 25.1. The van der Waals surface area contributed by atoms with Crippen LogP contribution in [0.3, 0.4) is 0 Å². The summed E-state index contributed by atoms with van der Waals surface area (Å²) in [5, 5.41) is 30.2. The van der Waals surface area contributed by atoms with Crippen LogP contribution in [0.2, 0.25) is 0 Å². The number of allylic oxidation sites excluding steroid dienone is 8. The van der Waals surface area contributed by atoms with Crippen molar-refractivity contribution in [2.24, 2.45) is 5.92 Å². The highest BCUT2D eigenvalue weighted by molar-refractivity contribution is 7.61. The van der Waals surface area contributed by atoms with E-state index in [1.807, 2.05) is 18.2 Å². The van der Waals surface area contributed by atoms with Crippen molar-refractivity contribution in [3.05, 3.63) is 71.4 Å². The van der Waals surface area contributed by atoms with Crippen molar-refractivity contribution in [1.29, 1.82) is 0 Å². The van der Waals surface area contributed by atoms with Crippen LogP contribution in [0, 0.1) is 5.92 Å². The van der Waals surface area contributed by atoms with Gasteiger partial charge in [-0.2, -0.15) is 9.29 Å². The van der Waals surface area contributed by atoms with E-state index in [1.165, 1.54) is 31.7 Å². The number of phosphoric acid groups is 2. The molecule has 2 unspecified atom stereocenters. The number of aliphatic hydroxyl groups is 3. The minimum atomic E-state index is -5.44. The van der Waals surface area contributed by atoms with Gasteiger partial charge in [-0.3, -0.25) is 23.2 Å². The Labute approximate surface area is 395 Å². The third-order valence-corrected chi connectivity index (χ3v) is 13.0. The zero-order valence-corrected chi connectivity index (χ0v) is 41.3. The zero-order valence-electron chi connectivity index (χ0n) is 39.5. The Hall–Kier alpha value is -3.32. The van der Waals surface area contributed by atoms with E-state index in [0.717, 1.165) is 68.6 Å². The molecular weight excluding hydrogens is 912 g/mol. The Morgan fingerprint density at radius 2 is 1.31 bits per heavy atom. The number of hydrogen-bond donors (Lipinski definition) is 6. The van der Waals surface area contributed by atoms with Gasteiger partial charge in [0, 0.05) is 19.0 Å². The molecule has 0 spiro atoms. The van der Waals surface area contributed by atoms with Crippen LogP contribution in [-0.4, -0.2) is 96.9 Å². The maximum atomic E-state index is 12.8. The first-order chi connectivity index (χ1) is 31.9.